The maximum absolute atomic E-state index is 5.80. The van der Waals surface area contributed by atoms with E-state index in [9.17, 15) is 0 Å². The summed E-state index contributed by atoms with van der Waals surface area (Å²) in [6.45, 7) is 6.22. The lowest BCUT2D eigenvalue weighted by Gasteiger charge is -2.51. The van der Waals surface area contributed by atoms with E-state index in [1.165, 1.54) is 6.42 Å². The molecule has 1 unspecified atom stereocenters. The van der Waals surface area contributed by atoms with Crippen molar-refractivity contribution in [1.82, 2.24) is 9.88 Å². The van der Waals surface area contributed by atoms with Crippen LogP contribution in [0.25, 0.3) is 10.9 Å². The highest BCUT2D eigenvalue weighted by Gasteiger charge is 2.43. The highest BCUT2D eigenvalue weighted by atomic mass is 17.2. The molecule has 4 heteroatoms. The summed E-state index contributed by atoms with van der Waals surface area (Å²) in [5.74, 6) is 1.31. The van der Waals surface area contributed by atoms with Crippen molar-refractivity contribution in [2.75, 3.05) is 20.2 Å². The van der Waals surface area contributed by atoms with Crippen LogP contribution in [0, 0.1) is 11.8 Å². The van der Waals surface area contributed by atoms with Crippen molar-refractivity contribution in [2.45, 2.75) is 25.0 Å². The van der Waals surface area contributed by atoms with Crippen molar-refractivity contribution < 1.29 is 9.78 Å². The number of hydrogen-bond acceptors (Lipinski definition) is 4. The average molecular weight is 324 g/mol. The maximum atomic E-state index is 5.80. The average Bonchev–Trinajstić information content (AvgIpc) is 2.66. The topological polar surface area (TPSA) is 34.6 Å². The molecule has 1 aromatic carbocycles. The van der Waals surface area contributed by atoms with E-state index in [0.717, 1.165) is 36.0 Å². The first-order valence-electron chi connectivity index (χ1n) is 8.71. The Labute approximate surface area is 143 Å². The summed E-state index contributed by atoms with van der Waals surface area (Å²) in [6.07, 6.45) is 6.27. The molecule has 24 heavy (non-hydrogen) atoms. The molecule has 3 saturated heterocycles. The zero-order chi connectivity index (χ0) is 16.5. The summed E-state index contributed by atoms with van der Waals surface area (Å²) in [4.78, 5) is 18.0. The second kappa shape index (κ2) is 6.63. The molecule has 3 fully saturated rings. The van der Waals surface area contributed by atoms with E-state index in [-0.39, 0.29) is 6.10 Å². The number of piperidine rings is 3. The predicted molar refractivity (Wildman–Crippen MR) is 94.4 cm³/mol. The molecule has 5 atom stereocenters. The van der Waals surface area contributed by atoms with Crippen molar-refractivity contribution in [3.05, 3.63) is 54.7 Å². The third-order valence-electron chi connectivity index (χ3n) is 5.69. The Bertz CT molecular complexity index is 727. The molecule has 2 aromatic rings. The largest absolute Gasteiger partial charge is 0.297 e. The Morgan fingerprint density at radius 3 is 2.96 bits per heavy atom. The van der Waals surface area contributed by atoms with Gasteiger partial charge in [0.15, 0.2) is 0 Å². The van der Waals surface area contributed by atoms with Gasteiger partial charge in [-0.25, -0.2) is 9.78 Å². The van der Waals surface area contributed by atoms with E-state index in [4.69, 9.17) is 9.78 Å². The van der Waals surface area contributed by atoms with Gasteiger partial charge in [-0.1, -0.05) is 24.3 Å². The number of fused-ring (bicyclic) bond motifs is 4. The Kier molecular flexibility index (Phi) is 4.35. The Morgan fingerprint density at radius 2 is 2.21 bits per heavy atom. The van der Waals surface area contributed by atoms with Crippen LogP contribution >= 0.6 is 0 Å². The lowest BCUT2D eigenvalue weighted by molar-refractivity contribution is -0.323. The van der Waals surface area contributed by atoms with Gasteiger partial charge < -0.3 is 0 Å². The molecule has 4 nitrogen and oxygen atoms in total. The molecule has 4 heterocycles. The third-order valence-corrected chi connectivity index (χ3v) is 5.69. The number of benzene rings is 1. The highest BCUT2D eigenvalue weighted by molar-refractivity contribution is 5.82. The molecule has 0 spiro atoms. The minimum Gasteiger partial charge on any atom is -0.297 e. The van der Waals surface area contributed by atoms with Crippen molar-refractivity contribution in [3.63, 3.8) is 0 Å². The quantitative estimate of drug-likeness (QED) is 0.477. The lowest BCUT2D eigenvalue weighted by atomic mass is 9.73. The molecule has 3 aliphatic heterocycles. The Morgan fingerprint density at radius 1 is 1.33 bits per heavy atom. The second-order valence-electron chi connectivity index (χ2n) is 6.85. The van der Waals surface area contributed by atoms with Crippen LogP contribution in [0.2, 0.25) is 0 Å². The standard InChI is InChI=1S/C20H24N2O2/c1-3-14-13-22-11-9-15(14)12-19(22)20(24-23-2)17-8-10-21-18-7-5-4-6-16(17)18/h3-8,10,14-15,19-20H,1,9,11-13H2,2H3/t14-,15-,19-,20+/m0/s1. The van der Waals surface area contributed by atoms with Gasteiger partial charge in [0.25, 0.3) is 0 Å². The van der Waals surface area contributed by atoms with Gasteiger partial charge in [0.05, 0.1) is 12.6 Å². The van der Waals surface area contributed by atoms with Crippen molar-refractivity contribution in [3.8, 4) is 0 Å². The summed E-state index contributed by atoms with van der Waals surface area (Å²) in [7, 11) is 1.60. The smallest absolute Gasteiger partial charge is 0.134 e. The minimum atomic E-state index is -0.100. The fourth-order valence-electron chi connectivity index (χ4n) is 4.49. The summed E-state index contributed by atoms with van der Waals surface area (Å²) < 4.78 is 0. The van der Waals surface area contributed by atoms with Gasteiger partial charge in [0, 0.05) is 24.2 Å². The van der Waals surface area contributed by atoms with Crippen LogP contribution in [-0.4, -0.2) is 36.1 Å². The number of para-hydroxylation sites is 1. The number of pyridine rings is 1. The van der Waals surface area contributed by atoms with Crippen LogP contribution < -0.4 is 0 Å². The lowest BCUT2D eigenvalue weighted by Crippen LogP contribution is -2.55. The molecule has 0 N–H and O–H groups in total. The maximum Gasteiger partial charge on any atom is 0.134 e. The fourth-order valence-corrected chi connectivity index (χ4v) is 4.49. The zero-order valence-electron chi connectivity index (χ0n) is 14.1. The molecule has 1 aromatic heterocycles. The van der Waals surface area contributed by atoms with E-state index in [0.29, 0.717) is 17.9 Å². The van der Waals surface area contributed by atoms with Crippen LogP contribution in [0.4, 0.5) is 0 Å². The van der Waals surface area contributed by atoms with Crippen LogP contribution in [0.15, 0.2) is 49.2 Å². The highest BCUT2D eigenvalue weighted by Crippen LogP contribution is 2.43. The number of hydrogen-bond donors (Lipinski definition) is 0. The first-order valence-corrected chi connectivity index (χ1v) is 8.71. The van der Waals surface area contributed by atoms with Crippen LogP contribution in [0.3, 0.4) is 0 Å². The van der Waals surface area contributed by atoms with Crippen LogP contribution in [0.5, 0.6) is 0 Å². The normalized spacial score (nSPS) is 30.4. The van der Waals surface area contributed by atoms with E-state index in [1.54, 1.807) is 7.11 Å². The van der Waals surface area contributed by atoms with Crippen LogP contribution in [-0.2, 0) is 9.78 Å². The number of aromatic nitrogens is 1. The molecule has 2 bridgehead atoms. The SMILES string of the molecule is C=C[C@H]1CN2CC[C@H]1C[C@H]2[C@H](OOC)c1ccnc2ccccc12. The molecule has 0 aliphatic carbocycles. The van der Waals surface area contributed by atoms with Gasteiger partial charge in [0.2, 0.25) is 0 Å². The first kappa shape index (κ1) is 15.8. The summed E-state index contributed by atoms with van der Waals surface area (Å²) in [6, 6.07) is 10.6. The van der Waals surface area contributed by atoms with Crippen molar-refractivity contribution in [2.24, 2.45) is 11.8 Å². The summed E-state index contributed by atoms with van der Waals surface area (Å²) >= 11 is 0. The molecule has 3 aliphatic rings. The minimum absolute atomic E-state index is 0.100. The first-order chi connectivity index (χ1) is 11.8. The molecule has 0 saturated carbocycles. The van der Waals surface area contributed by atoms with Gasteiger partial charge in [0.1, 0.15) is 6.10 Å². The molecule has 0 amide bonds. The van der Waals surface area contributed by atoms with Gasteiger partial charge in [-0.15, -0.1) is 6.58 Å². The van der Waals surface area contributed by atoms with Gasteiger partial charge in [-0.3, -0.25) is 9.88 Å². The monoisotopic (exact) mass is 324 g/mol. The molecule has 126 valence electrons. The van der Waals surface area contributed by atoms with E-state index >= 15 is 0 Å². The third kappa shape index (κ3) is 2.65. The Balaban J connectivity index is 1.71. The van der Waals surface area contributed by atoms with Gasteiger partial charge >= 0.3 is 0 Å². The summed E-state index contributed by atoms with van der Waals surface area (Å²) in [5, 5.41) is 1.14. The fraction of sp³-hybridized carbons (Fsp3) is 0.450. The summed E-state index contributed by atoms with van der Waals surface area (Å²) in [5.41, 5.74) is 2.16. The molecule has 5 rings (SSSR count). The second-order valence-corrected chi connectivity index (χ2v) is 6.85. The molecule has 0 radical (unpaired) electrons. The molecular formula is C20H24N2O2. The Hall–Kier alpha value is -1.75. The number of nitrogens with zero attached hydrogens (tertiary/aromatic N) is 2. The van der Waals surface area contributed by atoms with E-state index in [2.05, 4.69) is 40.7 Å². The van der Waals surface area contributed by atoms with Gasteiger partial charge in [-0.05, 0) is 48.9 Å². The van der Waals surface area contributed by atoms with E-state index in [1.807, 2.05) is 18.3 Å². The molecular weight excluding hydrogens is 300 g/mol. The predicted octanol–water partition coefficient (Wildman–Crippen LogP) is 3.75. The van der Waals surface area contributed by atoms with Crippen molar-refractivity contribution >= 4 is 10.9 Å². The van der Waals surface area contributed by atoms with Gasteiger partial charge in [-0.2, -0.15) is 0 Å². The zero-order valence-corrected chi connectivity index (χ0v) is 14.1. The van der Waals surface area contributed by atoms with Crippen molar-refractivity contribution in [1.29, 1.82) is 0 Å². The van der Waals surface area contributed by atoms with Crippen LogP contribution in [0.1, 0.15) is 24.5 Å². The number of rotatable bonds is 5. The van der Waals surface area contributed by atoms with E-state index < -0.39 is 0 Å².